The number of rotatable bonds is 13. The van der Waals surface area contributed by atoms with Gasteiger partial charge in [0.05, 0.1) is 50.2 Å². The van der Waals surface area contributed by atoms with Crippen LogP contribution in [0.15, 0.2) is 11.6 Å². The van der Waals surface area contributed by atoms with E-state index in [-0.39, 0.29) is 52.6 Å². The monoisotopic (exact) mass is 1220 g/mol. The summed E-state index contributed by atoms with van der Waals surface area (Å²) in [6.45, 7) is 14.2. The average Bonchev–Trinajstić information content (AvgIpc) is 0.684. The Bertz CT molecular complexity index is 2370. The van der Waals surface area contributed by atoms with E-state index in [2.05, 4.69) is 40.7 Å². The molecule has 15 N–H and O–H groups in total. The van der Waals surface area contributed by atoms with Crippen molar-refractivity contribution < 1.29 is 129 Å². The summed E-state index contributed by atoms with van der Waals surface area (Å²) in [4.78, 5) is 14.8. The van der Waals surface area contributed by atoms with Crippen LogP contribution in [0.25, 0.3) is 0 Å². The van der Waals surface area contributed by atoms with E-state index in [1.54, 1.807) is 0 Å². The molecule has 5 heterocycles. The second-order valence-corrected chi connectivity index (χ2v) is 28.4. The van der Waals surface area contributed by atoms with Gasteiger partial charge in [-0.2, -0.15) is 0 Å². The van der Waals surface area contributed by atoms with Crippen LogP contribution in [0.2, 0.25) is 0 Å². The third-order valence-corrected chi connectivity index (χ3v) is 23.2. The number of esters is 1. The molecule has 0 unspecified atom stereocenters. The van der Waals surface area contributed by atoms with E-state index in [0.717, 1.165) is 32.1 Å². The Morgan fingerprint density at radius 1 is 0.541 bits per heavy atom. The van der Waals surface area contributed by atoms with E-state index in [1.807, 2.05) is 6.92 Å². The Labute approximate surface area is 494 Å². The molecule has 0 spiro atoms. The molecule has 26 nitrogen and oxygen atoms in total. The van der Waals surface area contributed by atoms with E-state index >= 15 is 0 Å². The highest BCUT2D eigenvalue weighted by Gasteiger charge is 2.71. The van der Waals surface area contributed by atoms with Gasteiger partial charge in [0, 0.05) is 5.41 Å². The molecule has 10 aliphatic rings. The molecule has 85 heavy (non-hydrogen) atoms. The van der Waals surface area contributed by atoms with Gasteiger partial charge in [-0.1, -0.05) is 53.2 Å². The third kappa shape index (κ3) is 11.0. The Kier molecular flexibility index (Phi) is 19.0. The van der Waals surface area contributed by atoms with Gasteiger partial charge in [0.15, 0.2) is 25.2 Å². The van der Waals surface area contributed by atoms with Crippen LogP contribution in [-0.4, -0.2) is 263 Å². The fourth-order valence-electron chi connectivity index (χ4n) is 17.6. The van der Waals surface area contributed by atoms with Gasteiger partial charge < -0.3 is 124 Å². The molecular weight excluding hydrogens is 1120 g/mol. The minimum atomic E-state index is -1.94. The summed E-state index contributed by atoms with van der Waals surface area (Å²) >= 11 is 0. The highest BCUT2D eigenvalue weighted by molar-refractivity contribution is 5.79. The number of fused-ring (bicyclic) bond motifs is 7. The molecule has 9 fully saturated rings. The summed E-state index contributed by atoms with van der Waals surface area (Å²) in [5.41, 5.74) is -1.56. The Hall–Kier alpha value is -1.75. The molecule has 4 saturated carbocycles. The molecule has 10 rings (SSSR count). The number of carbonyl (C=O) groups is 1. The van der Waals surface area contributed by atoms with E-state index in [9.17, 15) is 81.4 Å². The number of ether oxygens (including phenoxy) is 10. The first kappa shape index (κ1) is 66.2. The van der Waals surface area contributed by atoms with Crippen LogP contribution in [0.1, 0.15) is 120 Å². The van der Waals surface area contributed by atoms with Crippen molar-refractivity contribution in [3.8, 4) is 0 Å². The molecule has 0 radical (unpaired) electrons. The summed E-state index contributed by atoms with van der Waals surface area (Å²) < 4.78 is 59.1. The number of aliphatic hydroxyl groups excluding tert-OH is 15. The second-order valence-electron chi connectivity index (χ2n) is 28.4. The van der Waals surface area contributed by atoms with Crippen molar-refractivity contribution in [3.05, 3.63) is 11.6 Å². The first-order valence-electron chi connectivity index (χ1n) is 30.6. The van der Waals surface area contributed by atoms with Gasteiger partial charge in [-0.25, -0.2) is 0 Å². The van der Waals surface area contributed by atoms with Gasteiger partial charge in [0.25, 0.3) is 0 Å². The van der Waals surface area contributed by atoms with Gasteiger partial charge in [0.2, 0.25) is 6.29 Å². The normalized spacial score (nSPS) is 55.3. The van der Waals surface area contributed by atoms with Crippen molar-refractivity contribution in [1.82, 2.24) is 0 Å². The van der Waals surface area contributed by atoms with Crippen LogP contribution in [-0.2, 0) is 52.2 Å². The molecule has 488 valence electrons. The van der Waals surface area contributed by atoms with Crippen molar-refractivity contribution in [3.63, 3.8) is 0 Å². The number of aliphatic hydroxyl groups is 15. The second kappa shape index (κ2) is 24.4. The minimum absolute atomic E-state index is 0.0610. The molecule has 5 aliphatic heterocycles. The first-order valence-corrected chi connectivity index (χ1v) is 30.6. The van der Waals surface area contributed by atoms with E-state index < -0.39 is 184 Å². The smallest absolute Gasteiger partial charge is 0.315 e. The highest BCUT2D eigenvalue weighted by Crippen LogP contribution is 2.76. The van der Waals surface area contributed by atoms with Crippen LogP contribution in [0.4, 0.5) is 0 Å². The maximum absolute atomic E-state index is 14.8. The molecule has 0 bridgehead atoms. The molecule has 0 amide bonds. The number of carbonyl (C=O) groups excluding carboxylic acids is 1. The van der Waals surface area contributed by atoms with Gasteiger partial charge in [-0.15, -0.1) is 0 Å². The summed E-state index contributed by atoms with van der Waals surface area (Å²) in [5.74, 6) is -0.633. The van der Waals surface area contributed by atoms with E-state index in [4.69, 9.17) is 47.4 Å². The summed E-state index contributed by atoms with van der Waals surface area (Å²) in [6.07, 6.45) is -30.0. The Balaban J connectivity index is 0.797. The van der Waals surface area contributed by atoms with Crippen molar-refractivity contribution in [2.75, 3.05) is 26.4 Å². The van der Waals surface area contributed by atoms with Crippen molar-refractivity contribution >= 4 is 5.97 Å². The fourth-order valence-corrected chi connectivity index (χ4v) is 17.6. The molecular formula is C59H96O26. The molecule has 0 aromatic heterocycles. The van der Waals surface area contributed by atoms with Gasteiger partial charge in [0.1, 0.15) is 104 Å². The number of hydrogen-bond donors (Lipinski definition) is 15. The maximum atomic E-state index is 14.8. The molecule has 0 aromatic rings. The van der Waals surface area contributed by atoms with Crippen LogP contribution in [0, 0.1) is 50.2 Å². The molecule has 0 aromatic carbocycles. The number of hydrogen-bond acceptors (Lipinski definition) is 26. The zero-order valence-corrected chi connectivity index (χ0v) is 49.8. The molecule has 5 saturated heterocycles. The lowest BCUT2D eigenvalue weighted by molar-refractivity contribution is -0.385. The molecule has 5 aliphatic carbocycles. The largest absolute Gasteiger partial charge is 0.432 e. The van der Waals surface area contributed by atoms with Crippen LogP contribution in [0.5, 0.6) is 0 Å². The lowest BCUT2D eigenvalue weighted by Gasteiger charge is -2.71. The summed E-state index contributed by atoms with van der Waals surface area (Å²) in [5, 5.41) is 163. The predicted molar refractivity (Wildman–Crippen MR) is 288 cm³/mol. The SMILES string of the molecule is C[C@@H]1O[C@@H](O[C@@H]2[C@@H](O)[C@H](O[C@@H]3[C@@H](O)[C@H](C)O[C@@H](O[C@@H]4CO[C@@H](O[C@H]5CC[C@@]6(C)[C@@H](CC[C@]7(C)[C@@H]6CC=C6[C@@H]8CC(C)(C)CC[C@]8(C(=O)O[C@@H]8O[C@H](CO)[C@@H](O)[C@H](O)[C@H]8O)CC[C@]67C)[C@]5(C)CO)[C@H](O)[C@H]4O)[C@@H]3O)O[C@H](CO)[C@H]2O)[C@H](O)[C@H](O)[C@H]1O. The van der Waals surface area contributed by atoms with Crippen LogP contribution >= 0.6 is 0 Å². The van der Waals surface area contributed by atoms with Crippen molar-refractivity contribution in [2.45, 2.75) is 273 Å². The van der Waals surface area contributed by atoms with Crippen LogP contribution in [0.3, 0.4) is 0 Å². The predicted octanol–water partition coefficient (Wildman–Crippen LogP) is -2.54. The highest BCUT2D eigenvalue weighted by atomic mass is 16.8. The molecule has 26 heteroatoms. The maximum Gasteiger partial charge on any atom is 0.315 e. The zero-order chi connectivity index (χ0) is 62.0. The zero-order valence-electron chi connectivity index (χ0n) is 49.8. The molecule has 33 atom stereocenters. The lowest BCUT2D eigenvalue weighted by Crippen LogP contribution is -2.67. The first-order chi connectivity index (χ1) is 39.9. The topological polar surface area (TPSA) is 413 Å². The van der Waals surface area contributed by atoms with E-state index in [0.29, 0.717) is 32.1 Å². The van der Waals surface area contributed by atoms with Gasteiger partial charge in [-0.05, 0) is 117 Å². The fraction of sp³-hybridized carbons (Fsp3) is 0.949. The standard InChI is InChI=1S/C59H96O26/c1-24-34(63)39(68)42(71)49(77-24)84-47-38(67)29(21-61)80-52(45(47)74)83-46-35(64)25(2)78-51(44(46)73)81-30-22-76-48(41(70)37(30)66)82-33-12-13-55(5)31(56(33,6)23-62)11-14-58(8)32(55)10-9-26-27-19-54(3,4)15-17-59(27,18-16-57(26,58)7)53(75)85-50-43(72)40(69)36(65)28(20-60)79-50/h9,24-25,27-52,60-74H,10-23H2,1-8H3/t24-,25-,27-,28+,29+,30+,31+,32+,33-,34-,35-,36+,37-,38+,39+,40-,41+,42+,43+,44+,45+,46+,47-,48-,49-,50-,51-,52-,55-,56-,57+,58+,59-/m0/s1. The van der Waals surface area contributed by atoms with Crippen LogP contribution < -0.4 is 0 Å². The van der Waals surface area contributed by atoms with Gasteiger partial charge >= 0.3 is 5.97 Å². The number of allylic oxidation sites excluding steroid dienone is 2. The summed E-state index contributed by atoms with van der Waals surface area (Å²) in [6, 6.07) is 0. The van der Waals surface area contributed by atoms with Gasteiger partial charge in [-0.3, -0.25) is 4.79 Å². The quantitative estimate of drug-likeness (QED) is 0.0513. The van der Waals surface area contributed by atoms with E-state index in [1.165, 1.54) is 19.4 Å². The lowest BCUT2D eigenvalue weighted by atomic mass is 9.33. The Morgan fingerprint density at radius 2 is 1.09 bits per heavy atom. The average molecular weight is 1220 g/mol. The minimum Gasteiger partial charge on any atom is -0.432 e. The van der Waals surface area contributed by atoms with Crippen molar-refractivity contribution in [1.29, 1.82) is 0 Å². The van der Waals surface area contributed by atoms with Crippen molar-refractivity contribution in [2.24, 2.45) is 50.2 Å². The third-order valence-electron chi connectivity index (χ3n) is 23.2. The Morgan fingerprint density at radius 3 is 1.74 bits per heavy atom. The summed E-state index contributed by atoms with van der Waals surface area (Å²) in [7, 11) is 0.